The molecule has 2 atom stereocenters. The Balaban J connectivity index is 1.73. The van der Waals surface area contributed by atoms with Crippen molar-refractivity contribution < 1.29 is 4.74 Å². The van der Waals surface area contributed by atoms with E-state index in [0.717, 1.165) is 17.1 Å². The molecule has 4 rings (SSSR count). The fourth-order valence-electron chi connectivity index (χ4n) is 3.49. The van der Waals surface area contributed by atoms with Gasteiger partial charge in [-0.05, 0) is 81.5 Å². The van der Waals surface area contributed by atoms with E-state index in [-0.39, 0.29) is 18.2 Å². The average molecular weight is 410 g/mol. The number of aromatic nitrogens is 1. The summed E-state index contributed by atoms with van der Waals surface area (Å²) in [5.74, 6) is 0.863. The van der Waals surface area contributed by atoms with Crippen LogP contribution in [0.3, 0.4) is 0 Å². The number of hydrogen-bond donors (Lipinski definition) is 1. The van der Waals surface area contributed by atoms with Crippen molar-refractivity contribution in [2.75, 3.05) is 4.90 Å². The molecular weight excluding hydrogens is 386 g/mol. The van der Waals surface area contributed by atoms with Crippen LogP contribution in [0.1, 0.15) is 41.4 Å². The van der Waals surface area contributed by atoms with Crippen molar-refractivity contribution in [1.29, 1.82) is 0 Å². The minimum atomic E-state index is -0.00154. The Labute approximate surface area is 175 Å². The van der Waals surface area contributed by atoms with Crippen molar-refractivity contribution in [3.8, 4) is 5.75 Å². The van der Waals surface area contributed by atoms with E-state index < -0.39 is 0 Å². The lowest BCUT2D eigenvalue weighted by Gasteiger charge is -2.27. The van der Waals surface area contributed by atoms with Crippen LogP contribution in [0.5, 0.6) is 5.75 Å². The van der Waals surface area contributed by atoms with E-state index in [9.17, 15) is 0 Å². The highest BCUT2D eigenvalue weighted by molar-refractivity contribution is 7.80. The van der Waals surface area contributed by atoms with Gasteiger partial charge >= 0.3 is 0 Å². The van der Waals surface area contributed by atoms with Crippen LogP contribution in [-0.4, -0.2) is 16.2 Å². The molecule has 0 aliphatic carbocycles. The molecular formula is C22H23N3OS2. The Morgan fingerprint density at radius 2 is 1.89 bits per heavy atom. The van der Waals surface area contributed by atoms with Crippen molar-refractivity contribution in [3.05, 3.63) is 76.2 Å². The zero-order chi connectivity index (χ0) is 19.7. The highest BCUT2D eigenvalue weighted by Gasteiger charge is 2.41. The molecule has 4 nitrogen and oxygen atoms in total. The summed E-state index contributed by atoms with van der Waals surface area (Å²) >= 11 is 7.55. The van der Waals surface area contributed by atoms with Gasteiger partial charge in [0.1, 0.15) is 5.75 Å². The molecule has 1 saturated heterocycles. The van der Waals surface area contributed by atoms with E-state index in [4.69, 9.17) is 17.0 Å². The van der Waals surface area contributed by atoms with E-state index in [1.165, 1.54) is 9.75 Å². The second-order valence-corrected chi connectivity index (χ2v) is 8.81. The van der Waals surface area contributed by atoms with Crippen LogP contribution in [0.15, 0.2) is 60.8 Å². The lowest BCUT2D eigenvalue weighted by molar-refractivity contribution is 0.242. The van der Waals surface area contributed by atoms with Gasteiger partial charge in [-0.15, -0.1) is 11.3 Å². The first-order valence-electron chi connectivity index (χ1n) is 9.36. The lowest BCUT2D eigenvalue weighted by Crippen LogP contribution is -2.29. The Hall–Kier alpha value is -2.44. The number of hydrogen-bond acceptors (Lipinski definition) is 4. The molecule has 28 heavy (non-hydrogen) atoms. The number of benzene rings is 1. The average Bonchev–Trinajstić information content (AvgIpc) is 3.26. The maximum atomic E-state index is 5.79. The normalized spacial score (nSPS) is 19.1. The van der Waals surface area contributed by atoms with E-state index in [1.54, 1.807) is 11.3 Å². The molecule has 3 heterocycles. The number of nitrogens with one attached hydrogen (secondary N) is 1. The minimum Gasteiger partial charge on any atom is -0.491 e. The van der Waals surface area contributed by atoms with Crippen LogP contribution in [0, 0.1) is 6.92 Å². The van der Waals surface area contributed by atoms with Gasteiger partial charge in [0.15, 0.2) is 5.11 Å². The molecule has 1 N–H and O–H groups in total. The number of ether oxygens (including phenoxy) is 1. The minimum absolute atomic E-state index is 0.00154. The fraction of sp³-hybridized carbons (Fsp3) is 0.273. The molecule has 0 radical (unpaired) electrons. The zero-order valence-electron chi connectivity index (χ0n) is 16.1. The lowest BCUT2D eigenvalue weighted by atomic mass is 10.0. The fourth-order valence-corrected chi connectivity index (χ4v) is 4.84. The predicted molar refractivity (Wildman–Crippen MR) is 119 cm³/mol. The van der Waals surface area contributed by atoms with E-state index in [2.05, 4.69) is 52.5 Å². The molecule has 3 aromatic rings. The van der Waals surface area contributed by atoms with Crippen molar-refractivity contribution in [3.63, 3.8) is 0 Å². The van der Waals surface area contributed by atoms with Gasteiger partial charge in [0.25, 0.3) is 0 Å². The summed E-state index contributed by atoms with van der Waals surface area (Å²) in [5.41, 5.74) is 2.03. The van der Waals surface area contributed by atoms with Crippen molar-refractivity contribution in [2.24, 2.45) is 0 Å². The van der Waals surface area contributed by atoms with Crippen molar-refractivity contribution >= 4 is 34.4 Å². The molecule has 0 amide bonds. The number of rotatable bonds is 5. The monoisotopic (exact) mass is 409 g/mol. The van der Waals surface area contributed by atoms with Crippen LogP contribution in [-0.2, 0) is 0 Å². The number of nitrogens with zero attached hydrogens (tertiary/aromatic N) is 2. The van der Waals surface area contributed by atoms with Crippen molar-refractivity contribution in [1.82, 2.24) is 10.3 Å². The van der Waals surface area contributed by atoms with Crippen LogP contribution in [0.2, 0.25) is 0 Å². The van der Waals surface area contributed by atoms with Crippen LogP contribution < -0.4 is 15.0 Å². The zero-order valence-corrected chi connectivity index (χ0v) is 17.8. The number of thiophene rings is 1. The second-order valence-electron chi connectivity index (χ2n) is 7.11. The molecule has 2 aromatic heterocycles. The van der Waals surface area contributed by atoms with Gasteiger partial charge in [0.2, 0.25) is 0 Å². The van der Waals surface area contributed by atoms with Crippen LogP contribution >= 0.6 is 23.6 Å². The summed E-state index contributed by atoms with van der Waals surface area (Å²) in [6.45, 7) is 6.19. The third-order valence-corrected chi connectivity index (χ3v) is 6.02. The predicted octanol–water partition coefficient (Wildman–Crippen LogP) is 5.42. The van der Waals surface area contributed by atoms with Gasteiger partial charge in [-0.1, -0.05) is 6.07 Å². The largest absolute Gasteiger partial charge is 0.491 e. The first-order chi connectivity index (χ1) is 13.5. The SMILES string of the molecule is Cc1ccc([C@@H]2[C@H](c3ccccn3)NC(=S)N2c2ccc(OC(C)C)cc2)s1. The molecule has 0 bridgehead atoms. The molecule has 144 valence electrons. The van der Waals surface area contributed by atoms with Crippen LogP contribution in [0.25, 0.3) is 0 Å². The summed E-state index contributed by atoms with van der Waals surface area (Å²) in [5, 5.41) is 4.21. The molecule has 0 unspecified atom stereocenters. The second kappa shape index (κ2) is 7.89. The van der Waals surface area contributed by atoms with E-state index in [0.29, 0.717) is 5.11 Å². The Kier molecular flexibility index (Phi) is 5.33. The summed E-state index contributed by atoms with van der Waals surface area (Å²) in [6, 6.07) is 18.6. The molecule has 0 saturated carbocycles. The first kappa shape index (κ1) is 18.9. The van der Waals surface area contributed by atoms with Gasteiger partial charge in [-0.3, -0.25) is 4.98 Å². The van der Waals surface area contributed by atoms with Gasteiger partial charge < -0.3 is 15.0 Å². The van der Waals surface area contributed by atoms with E-state index >= 15 is 0 Å². The third kappa shape index (κ3) is 3.75. The van der Waals surface area contributed by atoms with Crippen molar-refractivity contribution in [2.45, 2.75) is 39.0 Å². The van der Waals surface area contributed by atoms with Gasteiger partial charge in [-0.25, -0.2) is 0 Å². The highest BCUT2D eigenvalue weighted by atomic mass is 32.1. The highest BCUT2D eigenvalue weighted by Crippen LogP contribution is 2.43. The van der Waals surface area contributed by atoms with Crippen LogP contribution in [0.4, 0.5) is 5.69 Å². The molecule has 0 spiro atoms. The quantitative estimate of drug-likeness (QED) is 0.570. The van der Waals surface area contributed by atoms with Gasteiger partial charge in [0.05, 0.1) is 23.9 Å². The Bertz CT molecular complexity index is 953. The number of pyridine rings is 1. The maximum Gasteiger partial charge on any atom is 0.174 e. The molecule has 1 aliphatic heterocycles. The van der Waals surface area contributed by atoms with Gasteiger partial charge in [-0.2, -0.15) is 0 Å². The number of anilines is 1. The molecule has 1 aliphatic rings. The van der Waals surface area contributed by atoms with Gasteiger partial charge in [0, 0.05) is 21.6 Å². The van der Waals surface area contributed by atoms with E-state index in [1.807, 2.05) is 44.3 Å². The maximum absolute atomic E-state index is 5.79. The standard InChI is InChI=1S/C22H23N3OS2/c1-14(2)26-17-10-8-16(9-11-17)25-21(19-12-7-15(3)28-19)20(24-22(25)27)18-6-4-5-13-23-18/h4-14,20-21H,1-3H3,(H,24,27)/t20-,21+/m0/s1. The summed E-state index contributed by atoms with van der Waals surface area (Å²) < 4.78 is 5.79. The summed E-state index contributed by atoms with van der Waals surface area (Å²) in [7, 11) is 0. The third-order valence-electron chi connectivity index (χ3n) is 4.64. The first-order valence-corrected chi connectivity index (χ1v) is 10.6. The molecule has 1 fully saturated rings. The smallest absolute Gasteiger partial charge is 0.174 e. The Morgan fingerprint density at radius 3 is 2.50 bits per heavy atom. The number of thiocarbonyl (C=S) groups is 1. The summed E-state index contributed by atoms with van der Waals surface area (Å²) in [4.78, 5) is 9.33. The topological polar surface area (TPSA) is 37.4 Å². The Morgan fingerprint density at radius 1 is 1.11 bits per heavy atom. The molecule has 6 heteroatoms. The number of aryl methyl sites for hydroxylation is 1. The molecule has 1 aromatic carbocycles. The summed E-state index contributed by atoms with van der Waals surface area (Å²) in [6.07, 6.45) is 1.98.